The van der Waals surface area contributed by atoms with E-state index in [9.17, 15) is 0 Å². The molecule has 21 heavy (non-hydrogen) atoms. The molecule has 2 rings (SSSR count). The van der Waals surface area contributed by atoms with Crippen LogP contribution in [-0.4, -0.2) is 41.6 Å². The van der Waals surface area contributed by atoms with Crippen molar-refractivity contribution in [2.45, 2.75) is 50.6 Å². The smallest absolute Gasteiger partial charge is 0.123 e. The summed E-state index contributed by atoms with van der Waals surface area (Å²) in [5.41, 5.74) is 7.73. The Morgan fingerprint density at radius 3 is 2.76 bits per heavy atom. The van der Waals surface area contributed by atoms with E-state index in [0.29, 0.717) is 11.3 Å². The maximum absolute atomic E-state index is 6.51. The number of benzene rings is 1. The zero-order valence-corrected chi connectivity index (χ0v) is 14.4. The first kappa shape index (κ1) is 16.7. The number of hydrogen-bond acceptors (Lipinski definition) is 4. The van der Waals surface area contributed by atoms with E-state index in [-0.39, 0.29) is 12.1 Å². The van der Waals surface area contributed by atoms with E-state index in [2.05, 4.69) is 49.6 Å². The van der Waals surface area contributed by atoms with Gasteiger partial charge in [0.2, 0.25) is 0 Å². The van der Waals surface area contributed by atoms with Crippen molar-refractivity contribution in [1.82, 2.24) is 4.90 Å². The third-order valence-electron chi connectivity index (χ3n) is 4.62. The number of para-hydroxylation sites is 1. The summed E-state index contributed by atoms with van der Waals surface area (Å²) in [7, 11) is 1.74. The van der Waals surface area contributed by atoms with Gasteiger partial charge < -0.3 is 10.5 Å². The largest absolute Gasteiger partial charge is 0.496 e. The lowest BCUT2D eigenvalue weighted by atomic mass is 9.93. The van der Waals surface area contributed by atoms with Crippen molar-refractivity contribution in [3.8, 4) is 5.75 Å². The second kappa shape index (κ2) is 7.52. The maximum Gasteiger partial charge on any atom is 0.123 e. The van der Waals surface area contributed by atoms with E-state index >= 15 is 0 Å². The molecule has 1 aromatic carbocycles. The number of thioether (sulfide) groups is 1. The second-order valence-electron chi connectivity index (χ2n) is 5.81. The average molecular weight is 308 g/mol. The van der Waals surface area contributed by atoms with E-state index in [1.54, 1.807) is 7.11 Å². The fourth-order valence-electron chi connectivity index (χ4n) is 3.14. The van der Waals surface area contributed by atoms with Gasteiger partial charge in [-0.05, 0) is 19.4 Å². The zero-order valence-electron chi connectivity index (χ0n) is 13.6. The predicted octanol–water partition coefficient (Wildman–Crippen LogP) is 3.30. The van der Waals surface area contributed by atoms with E-state index in [1.165, 1.54) is 11.3 Å². The monoisotopic (exact) mass is 308 g/mol. The highest BCUT2D eigenvalue weighted by atomic mass is 32.2. The van der Waals surface area contributed by atoms with Crippen LogP contribution in [0.15, 0.2) is 24.3 Å². The van der Waals surface area contributed by atoms with Gasteiger partial charge in [-0.1, -0.05) is 32.0 Å². The maximum atomic E-state index is 6.51. The van der Waals surface area contributed by atoms with E-state index in [4.69, 9.17) is 10.5 Å². The SMILES string of the molecule is CCC(N)C(c1ccccc1OC)N1CCSC(C)C1C. The van der Waals surface area contributed by atoms with Crippen molar-refractivity contribution in [2.75, 3.05) is 19.4 Å². The molecule has 0 spiro atoms. The summed E-state index contributed by atoms with van der Waals surface area (Å²) in [6.07, 6.45) is 0.966. The molecule has 0 amide bonds. The lowest BCUT2D eigenvalue weighted by Gasteiger charge is -2.45. The van der Waals surface area contributed by atoms with Crippen LogP contribution in [-0.2, 0) is 0 Å². The molecule has 0 aliphatic carbocycles. The molecule has 0 radical (unpaired) electrons. The number of methoxy groups -OCH3 is 1. The summed E-state index contributed by atoms with van der Waals surface area (Å²) in [4.78, 5) is 2.58. The Morgan fingerprint density at radius 1 is 1.38 bits per heavy atom. The molecular formula is C17H28N2OS. The minimum Gasteiger partial charge on any atom is -0.496 e. The molecule has 118 valence electrons. The van der Waals surface area contributed by atoms with Crippen molar-refractivity contribution >= 4 is 11.8 Å². The van der Waals surface area contributed by atoms with Crippen molar-refractivity contribution in [1.29, 1.82) is 0 Å². The molecule has 4 atom stereocenters. The highest BCUT2D eigenvalue weighted by molar-refractivity contribution is 8.00. The van der Waals surface area contributed by atoms with E-state index in [0.717, 1.165) is 18.7 Å². The van der Waals surface area contributed by atoms with Gasteiger partial charge in [-0.3, -0.25) is 4.90 Å². The molecule has 2 N–H and O–H groups in total. The third kappa shape index (κ3) is 3.55. The van der Waals surface area contributed by atoms with Gasteiger partial charge in [-0.2, -0.15) is 11.8 Å². The Bertz CT molecular complexity index is 454. The highest BCUT2D eigenvalue weighted by Crippen LogP contribution is 2.37. The number of ether oxygens (including phenoxy) is 1. The lowest BCUT2D eigenvalue weighted by Crippen LogP contribution is -2.51. The van der Waals surface area contributed by atoms with Gasteiger partial charge in [-0.25, -0.2) is 0 Å². The van der Waals surface area contributed by atoms with Crippen LogP contribution in [0.25, 0.3) is 0 Å². The topological polar surface area (TPSA) is 38.5 Å². The number of nitrogens with zero attached hydrogens (tertiary/aromatic N) is 1. The van der Waals surface area contributed by atoms with Crippen molar-refractivity contribution in [2.24, 2.45) is 5.73 Å². The fraction of sp³-hybridized carbons (Fsp3) is 0.647. The van der Waals surface area contributed by atoms with Crippen molar-refractivity contribution in [3.05, 3.63) is 29.8 Å². The summed E-state index contributed by atoms with van der Waals surface area (Å²) in [6, 6.07) is 9.19. The van der Waals surface area contributed by atoms with Crippen LogP contribution in [0, 0.1) is 0 Å². The highest BCUT2D eigenvalue weighted by Gasteiger charge is 2.35. The Hall–Kier alpha value is -0.710. The van der Waals surface area contributed by atoms with Crippen LogP contribution in [0.1, 0.15) is 38.8 Å². The van der Waals surface area contributed by atoms with Crippen LogP contribution >= 0.6 is 11.8 Å². The quantitative estimate of drug-likeness (QED) is 0.906. The molecule has 1 heterocycles. The first-order valence-corrected chi connectivity index (χ1v) is 8.90. The molecule has 1 aliphatic heterocycles. The van der Waals surface area contributed by atoms with Gasteiger partial charge in [0.25, 0.3) is 0 Å². The van der Waals surface area contributed by atoms with Gasteiger partial charge in [0, 0.05) is 35.2 Å². The van der Waals surface area contributed by atoms with Gasteiger partial charge >= 0.3 is 0 Å². The number of hydrogen-bond donors (Lipinski definition) is 1. The lowest BCUT2D eigenvalue weighted by molar-refractivity contribution is 0.122. The molecule has 0 saturated carbocycles. The van der Waals surface area contributed by atoms with Gasteiger partial charge in [-0.15, -0.1) is 0 Å². The van der Waals surface area contributed by atoms with Gasteiger partial charge in [0.05, 0.1) is 13.2 Å². The Morgan fingerprint density at radius 2 is 2.10 bits per heavy atom. The summed E-state index contributed by atoms with van der Waals surface area (Å²) >= 11 is 2.06. The molecule has 0 aromatic heterocycles. The molecule has 1 aliphatic rings. The molecule has 3 nitrogen and oxygen atoms in total. The predicted molar refractivity (Wildman–Crippen MR) is 92.1 cm³/mol. The minimum atomic E-state index is 0.124. The summed E-state index contributed by atoms with van der Waals surface area (Å²) < 4.78 is 5.59. The Labute approximate surface area is 133 Å². The molecular weight excluding hydrogens is 280 g/mol. The Balaban J connectivity index is 2.38. The molecule has 1 fully saturated rings. The van der Waals surface area contributed by atoms with E-state index < -0.39 is 0 Å². The Kier molecular flexibility index (Phi) is 5.97. The average Bonchev–Trinajstić information content (AvgIpc) is 2.52. The summed E-state index contributed by atoms with van der Waals surface area (Å²) in [6.45, 7) is 7.90. The van der Waals surface area contributed by atoms with Crippen LogP contribution in [0.4, 0.5) is 0 Å². The first-order chi connectivity index (χ1) is 10.1. The van der Waals surface area contributed by atoms with Crippen molar-refractivity contribution in [3.63, 3.8) is 0 Å². The summed E-state index contributed by atoms with van der Waals surface area (Å²) in [5, 5.41) is 0.639. The fourth-order valence-corrected chi connectivity index (χ4v) is 4.26. The van der Waals surface area contributed by atoms with Crippen molar-refractivity contribution < 1.29 is 4.74 Å². The number of nitrogens with two attached hydrogens (primary N) is 1. The van der Waals surface area contributed by atoms with Gasteiger partial charge in [0.15, 0.2) is 0 Å². The van der Waals surface area contributed by atoms with Crippen LogP contribution < -0.4 is 10.5 Å². The van der Waals surface area contributed by atoms with Crippen LogP contribution in [0.3, 0.4) is 0 Å². The molecule has 4 unspecified atom stereocenters. The molecule has 1 aromatic rings. The standard InChI is InChI=1S/C17H28N2OS/c1-5-15(18)17(14-8-6-7-9-16(14)20-4)19-10-11-21-13(3)12(19)2/h6-9,12-13,15,17H,5,10-11,18H2,1-4H3. The second-order valence-corrected chi connectivity index (χ2v) is 7.30. The van der Waals surface area contributed by atoms with E-state index in [1.807, 2.05) is 12.1 Å². The van der Waals surface area contributed by atoms with Crippen LogP contribution in [0.5, 0.6) is 5.75 Å². The molecule has 4 heteroatoms. The minimum absolute atomic E-state index is 0.124. The summed E-state index contributed by atoms with van der Waals surface area (Å²) in [5.74, 6) is 2.12. The zero-order chi connectivity index (χ0) is 15.4. The molecule has 0 bridgehead atoms. The molecule has 1 saturated heterocycles. The third-order valence-corrected chi connectivity index (χ3v) is 5.96. The van der Waals surface area contributed by atoms with Gasteiger partial charge in [0.1, 0.15) is 5.75 Å². The normalized spacial score (nSPS) is 26.3. The van der Waals surface area contributed by atoms with Crippen LogP contribution in [0.2, 0.25) is 0 Å². The number of rotatable bonds is 5. The first-order valence-electron chi connectivity index (χ1n) is 7.86.